The highest BCUT2D eigenvalue weighted by atomic mass is 35.5. The first-order valence-corrected chi connectivity index (χ1v) is 9.19. The molecule has 0 saturated carbocycles. The number of hydrogen-bond acceptors (Lipinski definition) is 3. The number of nitrogens with zero attached hydrogens (tertiary/aromatic N) is 3. The van der Waals surface area contributed by atoms with Crippen LogP contribution in [0.1, 0.15) is 5.56 Å². The van der Waals surface area contributed by atoms with Gasteiger partial charge in [-0.05, 0) is 42.8 Å². The molecule has 0 saturated heterocycles. The minimum atomic E-state index is -0.446. The highest BCUT2D eigenvalue weighted by Crippen LogP contribution is 2.21. The Balaban J connectivity index is 1.60. The number of aromatic nitrogens is 3. The van der Waals surface area contributed by atoms with Gasteiger partial charge in [-0.3, -0.25) is 9.59 Å². The van der Waals surface area contributed by atoms with E-state index in [0.29, 0.717) is 21.9 Å². The molecule has 29 heavy (non-hydrogen) atoms. The molecule has 2 heterocycles. The van der Waals surface area contributed by atoms with E-state index >= 15 is 0 Å². The molecule has 0 aliphatic heterocycles. The van der Waals surface area contributed by atoms with Gasteiger partial charge in [0.1, 0.15) is 17.9 Å². The van der Waals surface area contributed by atoms with Crippen molar-refractivity contribution in [3.05, 3.63) is 87.7 Å². The van der Waals surface area contributed by atoms with Gasteiger partial charge in [0.15, 0.2) is 0 Å². The summed E-state index contributed by atoms with van der Waals surface area (Å²) in [6.07, 6.45) is 3.10. The van der Waals surface area contributed by atoms with Crippen LogP contribution in [0.4, 0.5) is 10.1 Å². The quantitative estimate of drug-likeness (QED) is 0.554. The van der Waals surface area contributed by atoms with Crippen molar-refractivity contribution in [3.63, 3.8) is 0 Å². The Labute approximate surface area is 170 Å². The van der Waals surface area contributed by atoms with Crippen molar-refractivity contribution in [2.75, 3.05) is 5.32 Å². The number of rotatable bonds is 4. The van der Waals surface area contributed by atoms with Crippen LogP contribution in [-0.4, -0.2) is 20.1 Å². The van der Waals surface area contributed by atoms with Crippen LogP contribution in [0, 0.1) is 12.7 Å². The maximum atomic E-state index is 13.4. The molecule has 0 unspecified atom stereocenters. The van der Waals surface area contributed by atoms with E-state index in [1.165, 1.54) is 27.4 Å². The van der Waals surface area contributed by atoms with Crippen molar-refractivity contribution in [1.82, 2.24) is 14.2 Å². The number of carbonyl (C=O) groups excluding carboxylic acids is 1. The highest BCUT2D eigenvalue weighted by molar-refractivity contribution is 6.30. The fourth-order valence-electron chi connectivity index (χ4n) is 2.99. The van der Waals surface area contributed by atoms with Gasteiger partial charge in [-0.15, -0.1) is 0 Å². The number of carbonyl (C=O) groups is 1. The van der Waals surface area contributed by atoms with E-state index in [1.54, 1.807) is 37.4 Å². The molecule has 2 aromatic heterocycles. The molecule has 2 aromatic carbocycles. The van der Waals surface area contributed by atoms with Gasteiger partial charge in [0.05, 0.1) is 5.69 Å². The van der Waals surface area contributed by atoms with Crippen molar-refractivity contribution in [2.45, 2.75) is 13.5 Å². The van der Waals surface area contributed by atoms with Crippen LogP contribution in [0.15, 0.2) is 65.7 Å². The van der Waals surface area contributed by atoms with Gasteiger partial charge in [0.25, 0.3) is 5.56 Å². The number of hydrogen-bond donors (Lipinski definition) is 1. The number of anilines is 1. The van der Waals surface area contributed by atoms with E-state index in [9.17, 15) is 14.0 Å². The molecular weight excluding hydrogens is 395 g/mol. The Morgan fingerprint density at radius 1 is 1.14 bits per heavy atom. The van der Waals surface area contributed by atoms with Gasteiger partial charge in [0.2, 0.25) is 5.91 Å². The summed E-state index contributed by atoms with van der Waals surface area (Å²) in [4.78, 5) is 25.1. The van der Waals surface area contributed by atoms with E-state index in [2.05, 4.69) is 10.4 Å². The lowest BCUT2D eigenvalue weighted by Gasteiger charge is -2.10. The molecular formula is C21H16ClFN4O2. The normalized spacial score (nSPS) is 11.0. The van der Waals surface area contributed by atoms with E-state index in [0.717, 1.165) is 11.1 Å². The summed E-state index contributed by atoms with van der Waals surface area (Å²) in [5.41, 5.74) is 2.53. The van der Waals surface area contributed by atoms with Crippen molar-refractivity contribution in [2.24, 2.45) is 0 Å². The Morgan fingerprint density at radius 3 is 2.66 bits per heavy atom. The first-order chi connectivity index (χ1) is 13.9. The summed E-state index contributed by atoms with van der Waals surface area (Å²) in [5.74, 6) is -0.874. The fourth-order valence-corrected chi connectivity index (χ4v) is 3.11. The minimum absolute atomic E-state index is 0.202. The summed E-state index contributed by atoms with van der Waals surface area (Å²) < 4.78 is 16.2. The third kappa shape index (κ3) is 3.90. The number of nitrogens with one attached hydrogen (secondary N) is 1. The molecule has 146 valence electrons. The zero-order chi connectivity index (χ0) is 20.5. The van der Waals surface area contributed by atoms with Crippen molar-refractivity contribution < 1.29 is 9.18 Å². The predicted octanol–water partition coefficient (Wildman–Crippen LogP) is 3.90. The summed E-state index contributed by atoms with van der Waals surface area (Å²) in [5, 5.41) is 7.65. The lowest BCUT2D eigenvalue weighted by molar-refractivity contribution is -0.116. The van der Waals surface area contributed by atoms with Crippen LogP contribution in [-0.2, 0) is 11.3 Å². The minimum Gasteiger partial charge on any atom is -0.324 e. The second-order valence-electron chi connectivity index (χ2n) is 6.60. The Hall–Kier alpha value is -3.45. The van der Waals surface area contributed by atoms with E-state index in [1.807, 2.05) is 12.1 Å². The molecule has 0 atom stereocenters. The average molecular weight is 411 g/mol. The van der Waals surface area contributed by atoms with Gasteiger partial charge in [0, 0.05) is 28.7 Å². The van der Waals surface area contributed by atoms with Gasteiger partial charge >= 0.3 is 0 Å². The molecule has 4 rings (SSSR count). The molecule has 4 aromatic rings. The van der Waals surface area contributed by atoms with Gasteiger partial charge in [-0.25, -0.2) is 8.91 Å². The molecule has 1 amide bonds. The van der Waals surface area contributed by atoms with Crippen LogP contribution in [0.5, 0.6) is 0 Å². The zero-order valence-corrected chi connectivity index (χ0v) is 16.2. The lowest BCUT2D eigenvalue weighted by atomic mass is 10.1. The molecule has 0 aliphatic rings. The molecule has 0 spiro atoms. The number of amides is 1. The lowest BCUT2D eigenvalue weighted by Crippen LogP contribution is -2.28. The standard InChI is InChI=1S/C21H16ClFN4O2/c1-13-2-7-16(23)10-17(13)24-20(28)12-26-8-9-27-19(21(26)29)11-18(25-27)14-3-5-15(22)6-4-14/h2-11H,12H2,1H3,(H,24,28). The third-order valence-corrected chi connectivity index (χ3v) is 4.78. The maximum Gasteiger partial charge on any atom is 0.277 e. The van der Waals surface area contributed by atoms with Crippen LogP contribution in [0.3, 0.4) is 0 Å². The van der Waals surface area contributed by atoms with Crippen molar-refractivity contribution >= 4 is 28.7 Å². The van der Waals surface area contributed by atoms with Crippen LogP contribution < -0.4 is 10.9 Å². The monoisotopic (exact) mass is 410 g/mol. The van der Waals surface area contributed by atoms with E-state index in [4.69, 9.17) is 11.6 Å². The van der Waals surface area contributed by atoms with Crippen molar-refractivity contribution in [1.29, 1.82) is 0 Å². The first-order valence-electron chi connectivity index (χ1n) is 8.81. The smallest absolute Gasteiger partial charge is 0.277 e. The first kappa shape index (κ1) is 18.9. The molecule has 0 fully saturated rings. The topological polar surface area (TPSA) is 68.4 Å². The number of benzene rings is 2. The number of fused-ring (bicyclic) bond motifs is 1. The summed E-state index contributed by atoms with van der Waals surface area (Å²) in [7, 11) is 0. The van der Waals surface area contributed by atoms with Crippen LogP contribution in [0.2, 0.25) is 5.02 Å². The SMILES string of the molecule is Cc1ccc(F)cc1NC(=O)Cn1ccn2nc(-c3ccc(Cl)cc3)cc2c1=O. The van der Waals surface area contributed by atoms with Gasteiger partial charge in [-0.2, -0.15) is 5.10 Å². The molecule has 0 aliphatic carbocycles. The van der Waals surface area contributed by atoms with E-state index in [-0.39, 0.29) is 12.1 Å². The molecule has 0 bridgehead atoms. The average Bonchev–Trinajstić information content (AvgIpc) is 3.13. The molecule has 8 heteroatoms. The Morgan fingerprint density at radius 2 is 1.90 bits per heavy atom. The van der Waals surface area contributed by atoms with E-state index < -0.39 is 11.7 Å². The summed E-state index contributed by atoms with van der Waals surface area (Å²) in [6.45, 7) is 1.56. The zero-order valence-electron chi connectivity index (χ0n) is 15.4. The molecule has 0 radical (unpaired) electrons. The second kappa shape index (κ2) is 7.52. The Bertz CT molecular complexity index is 1280. The van der Waals surface area contributed by atoms with Crippen LogP contribution >= 0.6 is 11.6 Å². The molecule has 6 nitrogen and oxygen atoms in total. The predicted molar refractivity (Wildman–Crippen MR) is 110 cm³/mol. The summed E-state index contributed by atoms with van der Waals surface area (Å²) >= 11 is 5.91. The van der Waals surface area contributed by atoms with Gasteiger partial charge < -0.3 is 9.88 Å². The van der Waals surface area contributed by atoms with Crippen molar-refractivity contribution in [3.8, 4) is 11.3 Å². The third-order valence-electron chi connectivity index (χ3n) is 4.53. The largest absolute Gasteiger partial charge is 0.324 e. The number of aryl methyl sites for hydroxylation is 1. The highest BCUT2D eigenvalue weighted by Gasteiger charge is 2.12. The summed E-state index contributed by atoms with van der Waals surface area (Å²) in [6, 6.07) is 12.9. The number of halogens is 2. The van der Waals surface area contributed by atoms with Gasteiger partial charge in [-0.1, -0.05) is 29.8 Å². The van der Waals surface area contributed by atoms with Crippen LogP contribution in [0.25, 0.3) is 16.8 Å². The maximum absolute atomic E-state index is 13.4. The second-order valence-corrected chi connectivity index (χ2v) is 7.04. The molecule has 1 N–H and O–H groups in total. The fraction of sp³-hybridized carbons (Fsp3) is 0.0952. The Kier molecular flexibility index (Phi) is 4.90.